The molecule has 0 aromatic carbocycles. The van der Waals surface area contributed by atoms with Crippen molar-refractivity contribution in [2.75, 3.05) is 32.9 Å². The van der Waals surface area contributed by atoms with E-state index in [-0.39, 0.29) is 36.6 Å². The summed E-state index contributed by atoms with van der Waals surface area (Å²) in [6.07, 6.45) is 1.76. The molecule has 1 aliphatic heterocycles. The number of hydrogen-bond acceptors (Lipinski definition) is 6. The minimum absolute atomic E-state index is 0.0220. The Balaban J connectivity index is 2.09. The van der Waals surface area contributed by atoms with Gasteiger partial charge in [0.05, 0.1) is 38.2 Å². The van der Waals surface area contributed by atoms with Crippen molar-refractivity contribution in [3.63, 3.8) is 0 Å². The van der Waals surface area contributed by atoms with E-state index in [1.54, 1.807) is 0 Å². The number of nitrogens with zero attached hydrogens (tertiary/aromatic N) is 2. The maximum absolute atomic E-state index is 11.8. The molecule has 0 bridgehead atoms. The third-order valence-corrected chi connectivity index (χ3v) is 3.79. The highest BCUT2D eigenvalue weighted by Crippen LogP contribution is 2.15. The van der Waals surface area contributed by atoms with Crippen molar-refractivity contribution in [3.05, 3.63) is 28.2 Å². The predicted molar refractivity (Wildman–Crippen MR) is 85.6 cm³/mol. The number of aromatic nitrogens is 1. The van der Waals surface area contributed by atoms with Gasteiger partial charge in [-0.2, -0.15) is 0 Å². The molecule has 1 aromatic heterocycles. The van der Waals surface area contributed by atoms with Crippen LogP contribution in [0.1, 0.15) is 19.5 Å². The van der Waals surface area contributed by atoms with Crippen LogP contribution in [0.15, 0.2) is 17.1 Å². The Kier molecular flexibility index (Phi) is 6.59. The molecule has 1 fully saturated rings. The van der Waals surface area contributed by atoms with Gasteiger partial charge < -0.3 is 24.3 Å². The first-order valence-electron chi connectivity index (χ1n) is 7.98. The van der Waals surface area contributed by atoms with Crippen LogP contribution >= 0.6 is 0 Å². The first kappa shape index (κ1) is 17.9. The molecule has 1 saturated heterocycles. The van der Waals surface area contributed by atoms with E-state index in [1.165, 1.54) is 12.3 Å². The summed E-state index contributed by atoms with van der Waals surface area (Å²) in [5, 5.41) is 18.4. The SMILES string of the molecule is CC1CN(Cc2cc(=O)c(O)cn2CCOCCO)CC(C)O1. The molecule has 0 amide bonds. The van der Waals surface area contributed by atoms with E-state index in [0.717, 1.165) is 18.8 Å². The van der Waals surface area contributed by atoms with E-state index >= 15 is 0 Å². The van der Waals surface area contributed by atoms with Gasteiger partial charge in [-0.1, -0.05) is 0 Å². The molecular formula is C16H26N2O5. The number of morpholine rings is 1. The highest BCUT2D eigenvalue weighted by atomic mass is 16.5. The van der Waals surface area contributed by atoms with Crippen LogP contribution in [0.3, 0.4) is 0 Å². The van der Waals surface area contributed by atoms with Crippen molar-refractivity contribution < 1.29 is 19.7 Å². The standard InChI is InChI=1S/C16H26N2O5/c1-12-8-17(9-13(2)23-12)10-14-7-15(20)16(21)11-18(14)3-5-22-6-4-19/h7,11-13,19,21H,3-6,8-10H2,1-2H3. The van der Waals surface area contributed by atoms with Gasteiger partial charge in [0.15, 0.2) is 5.75 Å². The predicted octanol–water partition coefficient (Wildman–Crippen LogP) is 0.172. The van der Waals surface area contributed by atoms with Crippen molar-refractivity contribution in [3.8, 4) is 5.75 Å². The van der Waals surface area contributed by atoms with Crippen LogP contribution in [0.5, 0.6) is 5.75 Å². The summed E-state index contributed by atoms with van der Waals surface area (Å²) in [7, 11) is 0. The maximum Gasteiger partial charge on any atom is 0.223 e. The van der Waals surface area contributed by atoms with Crippen molar-refractivity contribution in [1.29, 1.82) is 0 Å². The summed E-state index contributed by atoms with van der Waals surface area (Å²) in [6, 6.07) is 1.48. The quantitative estimate of drug-likeness (QED) is 0.695. The zero-order valence-corrected chi connectivity index (χ0v) is 13.8. The third kappa shape index (κ3) is 5.31. The average molecular weight is 326 g/mol. The average Bonchev–Trinajstić information content (AvgIpc) is 2.47. The van der Waals surface area contributed by atoms with Crippen molar-refractivity contribution >= 4 is 0 Å². The summed E-state index contributed by atoms with van der Waals surface area (Å²) in [5.74, 6) is -0.264. The van der Waals surface area contributed by atoms with Crippen molar-refractivity contribution in [2.45, 2.75) is 39.1 Å². The van der Waals surface area contributed by atoms with E-state index in [2.05, 4.69) is 4.90 Å². The fourth-order valence-electron chi connectivity index (χ4n) is 2.92. The van der Waals surface area contributed by atoms with Crippen LogP contribution in [0.2, 0.25) is 0 Å². The van der Waals surface area contributed by atoms with Crippen LogP contribution < -0.4 is 5.43 Å². The highest BCUT2D eigenvalue weighted by molar-refractivity contribution is 5.20. The van der Waals surface area contributed by atoms with Crippen LogP contribution in [-0.4, -0.2) is 64.8 Å². The smallest absolute Gasteiger partial charge is 0.223 e. The fraction of sp³-hybridized carbons (Fsp3) is 0.688. The monoisotopic (exact) mass is 326 g/mol. The Bertz CT molecular complexity index is 550. The van der Waals surface area contributed by atoms with Gasteiger partial charge in [-0.25, -0.2) is 0 Å². The molecule has 0 radical (unpaired) electrons. The van der Waals surface area contributed by atoms with E-state index in [0.29, 0.717) is 19.7 Å². The molecule has 130 valence electrons. The number of aliphatic hydroxyl groups is 1. The fourth-order valence-corrected chi connectivity index (χ4v) is 2.92. The molecule has 0 spiro atoms. The second-order valence-electron chi connectivity index (χ2n) is 6.00. The molecule has 0 aliphatic carbocycles. The first-order valence-corrected chi connectivity index (χ1v) is 7.98. The third-order valence-electron chi connectivity index (χ3n) is 3.79. The second kappa shape index (κ2) is 8.44. The Morgan fingerprint density at radius 2 is 2.00 bits per heavy atom. The Morgan fingerprint density at radius 1 is 1.30 bits per heavy atom. The molecule has 2 heterocycles. The van der Waals surface area contributed by atoms with Crippen molar-refractivity contribution in [2.24, 2.45) is 0 Å². The number of aromatic hydroxyl groups is 1. The summed E-state index contributed by atoms with van der Waals surface area (Å²) in [4.78, 5) is 14.0. The molecule has 23 heavy (non-hydrogen) atoms. The minimum Gasteiger partial charge on any atom is -0.503 e. The van der Waals surface area contributed by atoms with Gasteiger partial charge in [0, 0.05) is 37.9 Å². The van der Waals surface area contributed by atoms with Gasteiger partial charge in [-0.05, 0) is 13.8 Å². The number of rotatable bonds is 7. The normalized spacial score (nSPS) is 22.4. The van der Waals surface area contributed by atoms with Gasteiger partial charge in [0.2, 0.25) is 5.43 Å². The Hall–Kier alpha value is -1.41. The zero-order chi connectivity index (χ0) is 16.8. The van der Waals surface area contributed by atoms with Gasteiger partial charge in [-0.15, -0.1) is 0 Å². The lowest BCUT2D eigenvalue weighted by atomic mass is 10.2. The summed E-state index contributed by atoms with van der Waals surface area (Å²) < 4.78 is 12.8. The molecular weight excluding hydrogens is 300 g/mol. The minimum atomic E-state index is -0.373. The lowest BCUT2D eigenvalue weighted by Gasteiger charge is -2.35. The molecule has 7 heteroatoms. The van der Waals surface area contributed by atoms with E-state index in [1.807, 2.05) is 18.4 Å². The van der Waals surface area contributed by atoms with E-state index < -0.39 is 0 Å². The summed E-state index contributed by atoms with van der Waals surface area (Å²) in [6.45, 7) is 7.48. The number of ether oxygens (including phenoxy) is 2. The molecule has 2 atom stereocenters. The largest absolute Gasteiger partial charge is 0.503 e. The molecule has 0 saturated carbocycles. The molecule has 2 unspecified atom stereocenters. The van der Waals surface area contributed by atoms with Crippen molar-refractivity contribution in [1.82, 2.24) is 9.47 Å². The summed E-state index contributed by atoms with van der Waals surface area (Å²) >= 11 is 0. The van der Waals surface area contributed by atoms with Gasteiger partial charge >= 0.3 is 0 Å². The topological polar surface area (TPSA) is 84.2 Å². The van der Waals surface area contributed by atoms with Crippen LogP contribution in [0.4, 0.5) is 0 Å². The van der Waals surface area contributed by atoms with E-state index in [9.17, 15) is 9.90 Å². The number of pyridine rings is 1. The van der Waals surface area contributed by atoms with Gasteiger partial charge in [-0.3, -0.25) is 9.69 Å². The molecule has 7 nitrogen and oxygen atoms in total. The summed E-state index contributed by atoms with van der Waals surface area (Å²) in [5.41, 5.74) is 0.462. The maximum atomic E-state index is 11.8. The van der Waals surface area contributed by atoms with Gasteiger partial charge in [0.1, 0.15) is 0 Å². The first-order chi connectivity index (χ1) is 11.0. The lowest BCUT2D eigenvalue weighted by molar-refractivity contribution is -0.0711. The lowest BCUT2D eigenvalue weighted by Crippen LogP contribution is -2.45. The highest BCUT2D eigenvalue weighted by Gasteiger charge is 2.23. The molecule has 2 N–H and O–H groups in total. The van der Waals surface area contributed by atoms with Crippen LogP contribution in [-0.2, 0) is 22.6 Å². The number of hydrogen-bond donors (Lipinski definition) is 2. The van der Waals surface area contributed by atoms with E-state index in [4.69, 9.17) is 14.6 Å². The van der Waals surface area contributed by atoms with Crippen LogP contribution in [0, 0.1) is 0 Å². The second-order valence-corrected chi connectivity index (χ2v) is 6.00. The zero-order valence-electron chi connectivity index (χ0n) is 13.8. The Morgan fingerprint density at radius 3 is 2.65 bits per heavy atom. The molecule has 1 aliphatic rings. The van der Waals surface area contributed by atoms with Crippen LogP contribution in [0.25, 0.3) is 0 Å². The Labute approximate surface area is 136 Å². The molecule has 2 rings (SSSR count). The van der Waals surface area contributed by atoms with Gasteiger partial charge in [0.25, 0.3) is 0 Å². The number of aliphatic hydroxyl groups excluding tert-OH is 1. The molecule has 1 aromatic rings.